The summed E-state index contributed by atoms with van der Waals surface area (Å²) in [5.41, 5.74) is 2.02. The average Bonchev–Trinajstić information content (AvgIpc) is 2.74. The lowest BCUT2D eigenvalue weighted by Crippen LogP contribution is -1.82. The monoisotopic (exact) mass is 194 g/mol. The van der Waals surface area contributed by atoms with Gasteiger partial charge in [0.05, 0.1) is 5.69 Å². The van der Waals surface area contributed by atoms with Gasteiger partial charge in [-0.2, -0.15) is 0 Å². The Kier molecular flexibility index (Phi) is 1.75. The smallest absolute Gasteiger partial charge is 0.234 e. The lowest BCUT2D eigenvalue weighted by molar-refractivity contribution is 1.11. The molecule has 0 amide bonds. The van der Waals surface area contributed by atoms with Crippen LogP contribution >= 0.6 is 0 Å². The van der Waals surface area contributed by atoms with E-state index in [0.717, 1.165) is 17.0 Å². The van der Waals surface area contributed by atoms with Gasteiger partial charge in [-0.25, -0.2) is 9.97 Å². The zero-order chi connectivity index (χ0) is 10.1. The van der Waals surface area contributed by atoms with Crippen LogP contribution in [0.15, 0.2) is 48.9 Å². The first-order valence-corrected chi connectivity index (χ1v) is 4.70. The quantitative estimate of drug-likeness (QED) is 0.594. The predicted molar refractivity (Wildman–Crippen MR) is 57.3 cm³/mol. The fourth-order valence-electron chi connectivity index (χ4n) is 1.53. The van der Waals surface area contributed by atoms with Crippen molar-refractivity contribution in [2.75, 3.05) is 0 Å². The highest BCUT2D eigenvalue weighted by Crippen LogP contribution is 2.17. The predicted octanol–water partition coefficient (Wildman–Crippen LogP) is 2.20. The molecule has 1 aromatic carbocycles. The zero-order valence-corrected chi connectivity index (χ0v) is 7.96. The third-order valence-corrected chi connectivity index (χ3v) is 2.25. The second-order valence-corrected chi connectivity index (χ2v) is 3.24. The molecule has 3 rings (SSSR count). The second kappa shape index (κ2) is 3.20. The van der Waals surface area contributed by atoms with Crippen LogP contribution in [0, 0.1) is 6.07 Å². The van der Waals surface area contributed by atoms with Gasteiger partial charge in [0.25, 0.3) is 0 Å². The molecule has 3 nitrogen and oxygen atoms in total. The Morgan fingerprint density at radius 1 is 1.20 bits per heavy atom. The number of hydrogen-bond acceptors (Lipinski definition) is 2. The fraction of sp³-hybridized carbons (Fsp3) is 0. The van der Waals surface area contributed by atoms with Gasteiger partial charge in [-0.1, -0.05) is 24.3 Å². The van der Waals surface area contributed by atoms with E-state index in [-0.39, 0.29) is 0 Å². The van der Waals surface area contributed by atoms with Crippen LogP contribution in [0.2, 0.25) is 0 Å². The number of nitrogens with zero attached hydrogens (tertiary/aromatic N) is 3. The van der Waals surface area contributed by atoms with E-state index in [1.807, 2.05) is 47.1 Å². The minimum absolute atomic E-state index is 0.723. The molecule has 15 heavy (non-hydrogen) atoms. The summed E-state index contributed by atoms with van der Waals surface area (Å²) in [7, 11) is 0. The third kappa shape index (κ3) is 1.38. The van der Waals surface area contributed by atoms with Crippen LogP contribution < -0.4 is 0 Å². The van der Waals surface area contributed by atoms with Gasteiger partial charge in [0.1, 0.15) is 0 Å². The largest absolute Gasteiger partial charge is 0.291 e. The fourth-order valence-corrected chi connectivity index (χ4v) is 1.53. The first-order valence-electron chi connectivity index (χ1n) is 4.70. The van der Waals surface area contributed by atoms with Crippen molar-refractivity contribution in [2.24, 2.45) is 0 Å². The molecule has 0 aliphatic heterocycles. The highest BCUT2D eigenvalue weighted by Gasteiger charge is 2.02. The molecule has 0 aliphatic carbocycles. The Bertz CT molecular complexity index is 551. The summed E-state index contributed by atoms with van der Waals surface area (Å²) >= 11 is 0. The summed E-state index contributed by atoms with van der Waals surface area (Å²) in [6.45, 7) is 0. The molecule has 0 spiro atoms. The Morgan fingerprint density at radius 2 is 2.07 bits per heavy atom. The van der Waals surface area contributed by atoms with Crippen molar-refractivity contribution in [1.29, 1.82) is 0 Å². The van der Waals surface area contributed by atoms with Gasteiger partial charge in [0, 0.05) is 24.2 Å². The van der Waals surface area contributed by atoms with Gasteiger partial charge in [-0.3, -0.25) is 4.40 Å². The van der Waals surface area contributed by atoms with Crippen LogP contribution in [0.25, 0.3) is 17.0 Å². The summed E-state index contributed by atoms with van der Waals surface area (Å²) in [5.74, 6) is 0.723. The lowest BCUT2D eigenvalue weighted by atomic mass is 10.2. The minimum atomic E-state index is 0.723. The van der Waals surface area contributed by atoms with E-state index in [0.29, 0.717) is 0 Å². The molecular weight excluding hydrogens is 186 g/mol. The molecule has 2 heterocycles. The van der Waals surface area contributed by atoms with Crippen molar-refractivity contribution in [2.45, 2.75) is 0 Å². The van der Waals surface area contributed by atoms with E-state index in [1.54, 1.807) is 6.20 Å². The number of benzene rings is 1. The van der Waals surface area contributed by atoms with E-state index < -0.39 is 0 Å². The highest BCUT2D eigenvalue weighted by molar-refractivity contribution is 5.60. The van der Waals surface area contributed by atoms with Gasteiger partial charge in [-0.15, -0.1) is 0 Å². The van der Waals surface area contributed by atoms with Crippen molar-refractivity contribution >= 4 is 5.78 Å². The topological polar surface area (TPSA) is 30.2 Å². The van der Waals surface area contributed by atoms with Crippen molar-refractivity contribution in [1.82, 2.24) is 14.4 Å². The Hall–Kier alpha value is -2.16. The first-order chi connectivity index (χ1) is 7.43. The number of fused-ring (bicyclic) bond motifs is 1. The van der Waals surface area contributed by atoms with Crippen LogP contribution in [-0.2, 0) is 0 Å². The lowest BCUT2D eigenvalue weighted by Gasteiger charge is -1.91. The van der Waals surface area contributed by atoms with Crippen molar-refractivity contribution in [3.8, 4) is 11.3 Å². The van der Waals surface area contributed by atoms with Crippen LogP contribution in [0.1, 0.15) is 0 Å². The summed E-state index contributed by atoms with van der Waals surface area (Å²) in [4.78, 5) is 8.59. The zero-order valence-electron chi connectivity index (χ0n) is 7.96. The second-order valence-electron chi connectivity index (χ2n) is 3.24. The normalized spacial score (nSPS) is 10.7. The summed E-state index contributed by atoms with van der Waals surface area (Å²) < 4.78 is 1.91. The number of imidazole rings is 1. The molecule has 0 aliphatic rings. The van der Waals surface area contributed by atoms with Crippen LogP contribution in [0.4, 0.5) is 0 Å². The molecule has 0 atom stereocenters. The Labute approximate surface area is 87.0 Å². The number of rotatable bonds is 1. The molecule has 0 bridgehead atoms. The van der Waals surface area contributed by atoms with Gasteiger partial charge >= 0.3 is 0 Å². The van der Waals surface area contributed by atoms with Gasteiger partial charge < -0.3 is 0 Å². The van der Waals surface area contributed by atoms with Gasteiger partial charge in [-0.05, 0) is 12.1 Å². The number of hydrogen-bond donors (Lipinski definition) is 0. The molecule has 3 aromatic rings. The molecule has 0 N–H and O–H groups in total. The first kappa shape index (κ1) is 8.17. The van der Waals surface area contributed by atoms with Crippen LogP contribution in [0.3, 0.4) is 0 Å². The maximum Gasteiger partial charge on any atom is 0.234 e. The van der Waals surface area contributed by atoms with Crippen molar-refractivity contribution < 1.29 is 0 Å². The van der Waals surface area contributed by atoms with E-state index in [1.165, 1.54) is 0 Å². The maximum atomic E-state index is 4.42. The van der Waals surface area contributed by atoms with E-state index in [9.17, 15) is 0 Å². The standard InChI is InChI=1S/C12H8N3/c1-2-5-10(6-3-1)11-9-15-8-4-7-13-12(15)14-11/h2-9H. The van der Waals surface area contributed by atoms with E-state index in [2.05, 4.69) is 16.0 Å². The van der Waals surface area contributed by atoms with Gasteiger partial charge in [0.2, 0.25) is 5.78 Å². The molecule has 0 unspecified atom stereocenters. The summed E-state index contributed by atoms with van der Waals surface area (Å²) in [5, 5.41) is 0. The molecular formula is C12H8N3. The van der Waals surface area contributed by atoms with Crippen molar-refractivity contribution in [3.63, 3.8) is 0 Å². The number of aromatic nitrogens is 3. The molecule has 1 radical (unpaired) electrons. The van der Waals surface area contributed by atoms with Gasteiger partial charge in [0.15, 0.2) is 0 Å². The summed E-state index contributed by atoms with van der Waals surface area (Å²) in [6, 6.07) is 12.6. The van der Waals surface area contributed by atoms with Crippen LogP contribution in [-0.4, -0.2) is 14.4 Å². The average molecular weight is 194 g/mol. The third-order valence-electron chi connectivity index (χ3n) is 2.25. The molecule has 3 heteroatoms. The molecule has 0 saturated heterocycles. The Morgan fingerprint density at radius 3 is 2.87 bits per heavy atom. The van der Waals surface area contributed by atoms with E-state index >= 15 is 0 Å². The van der Waals surface area contributed by atoms with Crippen molar-refractivity contribution in [3.05, 3.63) is 55.0 Å². The molecule has 2 aromatic heterocycles. The molecule has 0 fully saturated rings. The minimum Gasteiger partial charge on any atom is -0.291 e. The molecule has 0 saturated carbocycles. The highest BCUT2D eigenvalue weighted by atomic mass is 15.1. The summed E-state index contributed by atoms with van der Waals surface area (Å²) in [6.07, 6.45) is 5.65. The molecule has 71 valence electrons. The SMILES string of the molecule is [c]1ccc(-c2cn3cccnc3n2)cc1. The van der Waals surface area contributed by atoms with Crippen LogP contribution in [0.5, 0.6) is 0 Å². The Balaban J connectivity index is 2.21. The van der Waals surface area contributed by atoms with E-state index in [4.69, 9.17) is 0 Å². The maximum absolute atomic E-state index is 4.42.